The zero-order valence-electron chi connectivity index (χ0n) is 24.9. The highest BCUT2D eigenvalue weighted by Crippen LogP contribution is 2.42. The third-order valence-corrected chi connectivity index (χ3v) is 8.15. The van der Waals surface area contributed by atoms with Crippen LogP contribution in [0.1, 0.15) is 73.9 Å². The highest BCUT2D eigenvalue weighted by molar-refractivity contribution is 5.90. The van der Waals surface area contributed by atoms with Gasteiger partial charge in [0.15, 0.2) is 6.29 Å². The number of aliphatic carboxylic acids is 1. The molecule has 9 nitrogen and oxygen atoms in total. The van der Waals surface area contributed by atoms with Gasteiger partial charge in [0.1, 0.15) is 0 Å². The predicted molar refractivity (Wildman–Crippen MR) is 163 cm³/mol. The molecule has 0 spiro atoms. The minimum absolute atomic E-state index is 0.0240. The van der Waals surface area contributed by atoms with Gasteiger partial charge < -0.3 is 30.1 Å². The summed E-state index contributed by atoms with van der Waals surface area (Å²) in [5.74, 6) is -1.19. The van der Waals surface area contributed by atoms with Gasteiger partial charge in [0.05, 0.1) is 24.9 Å². The van der Waals surface area contributed by atoms with Crippen LogP contribution in [0.25, 0.3) is 0 Å². The lowest BCUT2D eigenvalue weighted by Gasteiger charge is -2.43. The maximum absolute atomic E-state index is 12.2. The number of likely N-dealkylation sites (N-methyl/N-ethyl adjacent to an activating group) is 1. The second-order valence-corrected chi connectivity index (χ2v) is 11.3. The van der Waals surface area contributed by atoms with Gasteiger partial charge in [-0.15, -0.1) is 0 Å². The van der Waals surface area contributed by atoms with Gasteiger partial charge in [-0.05, 0) is 49.2 Å². The molecule has 3 aromatic carbocycles. The number of carbonyl (C=O) groups excluding carboxylic acids is 1. The number of anilines is 1. The Morgan fingerprint density at radius 1 is 0.930 bits per heavy atom. The Labute approximate surface area is 253 Å². The zero-order valence-corrected chi connectivity index (χ0v) is 24.9. The third kappa shape index (κ3) is 8.72. The molecule has 1 amide bonds. The second kappa shape index (κ2) is 15.2. The van der Waals surface area contributed by atoms with E-state index in [4.69, 9.17) is 14.6 Å². The molecular weight excluding hydrogens is 548 g/mol. The number of ether oxygens (including phenoxy) is 2. The maximum atomic E-state index is 12.2. The summed E-state index contributed by atoms with van der Waals surface area (Å²) >= 11 is 0. The molecule has 1 aliphatic heterocycles. The van der Waals surface area contributed by atoms with E-state index in [1.807, 2.05) is 80.7 Å². The summed E-state index contributed by atoms with van der Waals surface area (Å²) in [7, 11) is 1.98. The minimum Gasteiger partial charge on any atom is -0.481 e. The second-order valence-electron chi connectivity index (χ2n) is 11.3. The molecule has 0 bridgehead atoms. The van der Waals surface area contributed by atoms with Gasteiger partial charge in [-0.2, -0.15) is 0 Å². The number of aliphatic hydroxyl groups excluding tert-OH is 2. The lowest BCUT2D eigenvalue weighted by atomic mass is 9.89. The molecule has 0 aliphatic carbocycles. The van der Waals surface area contributed by atoms with E-state index in [1.165, 1.54) is 0 Å². The Morgan fingerprint density at radius 3 is 2.21 bits per heavy atom. The molecule has 43 heavy (non-hydrogen) atoms. The molecule has 1 heterocycles. The van der Waals surface area contributed by atoms with Gasteiger partial charge in [0.25, 0.3) is 0 Å². The van der Waals surface area contributed by atoms with Crippen LogP contribution in [0.2, 0.25) is 0 Å². The fourth-order valence-corrected chi connectivity index (χ4v) is 5.30. The topological polar surface area (TPSA) is 129 Å². The van der Waals surface area contributed by atoms with Crippen LogP contribution in [0.3, 0.4) is 0 Å². The maximum Gasteiger partial charge on any atom is 0.303 e. The number of aliphatic hydroxyl groups is 2. The molecule has 4 rings (SSSR count). The van der Waals surface area contributed by atoms with Crippen molar-refractivity contribution in [3.05, 3.63) is 101 Å². The van der Waals surface area contributed by atoms with Crippen molar-refractivity contribution in [1.29, 1.82) is 0 Å². The molecule has 0 radical (unpaired) electrons. The van der Waals surface area contributed by atoms with Crippen LogP contribution in [-0.2, 0) is 25.7 Å². The fraction of sp³-hybridized carbons (Fsp3) is 0.412. The number of benzene rings is 3. The first kappa shape index (κ1) is 32.3. The van der Waals surface area contributed by atoms with E-state index >= 15 is 0 Å². The van der Waals surface area contributed by atoms with Crippen molar-refractivity contribution in [1.82, 2.24) is 4.90 Å². The Morgan fingerprint density at radius 2 is 1.58 bits per heavy atom. The average molecular weight is 591 g/mol. The molecule has 6 atom stereocenters. The molecule has 0 saturated carbocycles. The van der Waals surface area contributed by atoms with Crippen LogP contribution in [0.5, 0.6) is 0 Å². The highest BCUT2D eigenvalue weighted by atomic mass is 16.7. The molecule has 0 aromatic heterocycles. The fourth-order valence-electron chi connectivity index (χ4n) is 5.30. The largest absolute Gasteiger partial charge is 0.481 e. The molecular formula is C34H42N2O7. The summed E-state index contributed by atoms with van der Waals surface area (Å²) < 4.78 is 13.1. The van der Waals surface area contributed by atoms with E-state index in [1.54, 1.807) is 12.1 Å². The molecule has 6 unspecified atom stereocenters. The van der Waals surface area contributed by atoms with E-state index in [-0.39, 0.29) is 55.9 Å². The molecule has 1 fully saturated rings. The lowest BCUT2D eigenvalue weighted by Crippen LogP contribution is -2.46. The first-order valence-electron chi connectivity index (χ1n) is 14.7. The number of carboxylic acid groups (broad SMARTS) is 1. The first-order valence-corrected chi connectivity index (χ1v) is 14.7. The van der Waals surface area contributed by atoms with Crippen molar-refractivity contribution >= 4 is 17.6 Å². The molecule has 230 valence electrons. The average Bonchev–Trinajstić information content (AvgIpc) is 3.02. The quantitative estimate of drug-likeness (QED) is 0.213. The van der Waals surface area contributed by atoms with Crippen molar-refractivity contribution in [3.8, 4) is 0 Å². The van der Waals surface area contributed by atoms with E-state index in [0.29, 0.717) is 12.2 Å². The van der Waals surface area contributed by atoms with Crippen LogP contribution in [-0.4, -0.2) is 57.8 Å². The predicted octanol–water partition coefficient (Wildman–Crippen LogP) is 5.22. The minimum atomic E-state index is -0.923. The Bertz CT molecular complexity index is 1320. The molecule has 1 aliphatic rings. The van der Waals surface area contributed by atoms with Gasteiger partial charge in [-0.25, -0.2) is 0 Å². The molecule has 1 saturated heterocycles. The van der Waals surface area contributed by atoms with Gasteiger partial charge >= 0.3 is 5.97 Å². The van der Waals surface area contributed by atoms with E-state index < -0.39 is 18.4 Å². The number of hydrogen-bond donors (Lipinski definition) is 4. The normalized spacial score (nSPS) is 21.7. The van der Waals surface area contributed by atoms with E-state index in [9.17, 15) is 19.8 Å². The number of carboxylic acids is 1. The summed E-state index contributed by atoms with van der Waals surface area (Å²) in [5, 5.41) is 32.2. The SMILES string of the molecule is CC1C(CN(C)C(C)C(O)c2ccccc2)OC(c2ccc(NC(=O)CCCC(=O)O)cc2)OC1c1ccc(CO)cc1. The van der Waals surface area contributed by atoms with Crippen LogP contribution < -0.4 is 5.32 Å². The first-order chi connectivity index (χ1) is 20.7. The van der Waals surface area contributed by atoms with Crippen molar-refractivity contribution in [2.45, 2.75) is 70.4 Å². The summed E-state index contributed by atoms with van der Waals surface area (Å²) in [4.78, 5) is 25.0. The van der Waals surface area contributed by atoms with Crippen LogP contribution in [0, 0.1) is 5.92 Å². The number of nitrogens with one attached hydrogen (secondary N) is 1. The Hall–Kier alpha value is -3.60. The van der Waals surface area contributed by atoms with E-state index in [0.717, 1.165) is 22.3 Å². The number of amides is 1. The standard InChI is InChI=1S/C34H42N2O7/c1-22-29(20-36(3)23(2)32(41)25-8-5-4-6-9-25)42-34(43-33(22)26-14-12-24(21-37)13-15-26)27-16-18-28(19-17-27)35-30(38)10-7-11-31(39)40/h4-6,8-9,12-19,22-23,29,32-34,37,41H,7,10-11,20-21H2,1-3H3,(H,35,38)(H,39,40). The van der Waals surface area contributed by atoms with E-state index in [2.05, 4.69) is 17.1 Å². The summed E-state index contributed by atoms with van der Waals surface area (Å²) in [6.45, 7) is 4.62. The van der Waals surface area contributed by atoms with Gasteiger partial charge in [0.2, 0.25) is 5.91 Å². The number of nitrogens with zero attached hydrogens (tertiary/aromatic N) is 1. The molecule has 4 N–H and O–H groups in total. The molecule has 9 heteroatoms. The third-order valence-electron chi connectivity index (χ3n) is 8.15. The van der Waals surface area contributed by atoms with Crippen LogP contribution >= 0.6 is 0 Å². The van der Waals surface area contributed by atoms with Crippen molar-refractivity contribution in [2.24, 2.45) is 5.92 Å². The lowest BCUT2D eigenvalue weighted by molar-refractivity contribution is -0.276. The summed E-state index contributed by atoms with van der Waals surface area (Å²) in [6, 6.07) is 24.4. The highest BCUT2D eigenvalue weighted by Gasteiger charge is 2.39. The Balaban J connectivity index is 1.50. The number of hydrogen-bond acceptors (Lipinski definition) is 7. The summed E-state index contributed by atoms with van der Waals surface area (Å²) in [6.07, 6.45) is -1.50. The van der Waals surface area contributed by atoms with Crippen LogP contribution in [0.4, 0.5) is 5.69 Å². The molecule has 3 aromatic rings. The summed E-state index contributed by atoms with van der Waals surface area (Å²) in [5.41, 5.74) is 4.05. The van der Waals surface area contributed by atoms with Crippen molar-refractivity contribution in [2.75, 3.05) is 18.9 Å². The monoisotopic (exact) mass is 590 g/mol. The number of rotatable bonds is 13. The van der Waals surface area contributed by atoms with Crippen molar-refractivity contribution < 1.29 is 34.4 Å². The van der Waals surface area contributed by atoms with Gasteiger partial charge in [-0.3, -0.25) is 14.5 Å². The van der Waals surface area contributed by atoms with Crippen LogP contribution in [0.15, 0.2) is 78.9 Å². The van der Waals surface area contributed by atoms with Gasteiger partial charge in [0, 0.05) is 42.6 Å². The zero-order chi connectivity index (χ0) is 30.9. The Kier molecular flexibility index (Phi) is 11.4. The number of carbonyl (C=O) groups is 2. The van der Waals surface area contributed by atoms with Crippen molar-refractivity contribution in [3.63, 3.8) is 0 Å². The smallest absolute Gasteiger partial charge is 0.303 e. The van der Waals surface area contributed by atoms with Gasteiger partial charge in [-0.1, -0.05) is 73.7 Å².